The van der Waals surface area contributed by atoms with Gasteiger partial charge in [0.1, 0.15) is 4.64 Å². The second-order valence-corrected chi connectivity index (χ2v) is 3.57. The number of H-pyrrole nitrogens is 2. The number of hydrogen-bond acceptors (Lipinski definition) is 2. The molecule has 0 bridgehead atoms. The predicted molar refractivity (Wildman–Crippen MR) is 54.8 cm³/mol. The van der Waals surface area contributed by atoms with E-state index in [2.05, 4.69) is 9.97 Å². The van der Waals surface area contributed by atoms with Gasteiger partial charge in [0.2, 0.25) is 0 Å². The highest BCUT2D eigenvalue weighted by atomic mass is 32.1. The van der Waals surface area contributed by atoms with Crippen molar-refractivity contribution in [1.29, 1.82) is 0 Å². The summed E-state index contributed by atoms with van der Waals surface area (Å²) in [6.45, 7) is 0. The van der Waals surface area contributed by atoms with E-state index < -0.39 is 17.4 Å². The van der Waals surface area contributed by atoms with Crippen molar-refractivity contribution >= 4 is 23.1 Å². The van der Waals surface area contributed by atoms with Crippen molar-refractivity contribution in [1.82, 2.24) is 9.97 Å². The summed E-state index contributed by atoms with van der Waals surface area (Å²) in [5.74, 6) is 0. The van der Waals surface area contributed by atoms with E-state index in [0.29, 0.717) is 5.39 Å². The number of nitrogens with one attached hydrogen (secondary N) is 2. The number of aromatic amines is 2. The lowest BCUT2D eigenvalue weighted by Gasteiger charge is -2.07. The quantitative estimate of drug-likeness (QED) is 0.702. The minimum Gasteiger partial charge on any atom is -0.307 e. The summed E-state index contributed by atoms with van der Waals surface area (Å²) >= 11 is 4.82. The van der Waals surface area contributed by atoms with Crippen LogP contribution in [0.15, 0.2) is 23.0 Å². The van der Waals surface area contributed by atoms with E-state index in [9.17, 15) is 18.0 Å². The molecular formula is C9H5F3N2OS. The summed E-state index contributed by atoms with van der Waals surface area (Å²) in [4.78, 5) is 15.6. The summed E-state index contributed by atoms with van der Waals surface area (Å²) in [6.07, 6.45) is -4.44. The lowest BCUT2D eigenvalue weighted by Crippen LogP contribution is -2.11. The third-order valence-electron chi connectivity index (χ3n) is 2.07. The van der Waals surface area contributed by atoms with Gasteiger partial charge in [0.05, 0.1) is 11.1 Å². The number of fused-ring (bicyclic) bond motifs is 1. The Bertz CT molecular complexity index is 656. The molecule has 2 N–H and O–H groups in total. The average Bonchev–Trinajstić information content (AvgIpc) is 2.15. The predicted octanol–water partition coefficient (Wildman–Crippen LogP) is 2.60. The van der Waals surface area contributed by atoms with Crippen LogP contribution in [0.25, 0.3) is 10.9 Å². The van der Waals surface area contributed by atoms with Gasteiger partial charge < -0.3 is 4.98 Å². The van der Waals surface area contributed by atoms with Crippen molar-refractivity contribution in [3.8, 4) is 0 Å². The molecule has 84 valence electrons. The van der Waals surface area contributed by atoms with E-state index in [1.165, 1.54) is 6.07 Å². The van der Waals surface area contributed by atoms with Crippen LogP contribution in [0.3, 0.4) is 0 Å². The second kappa shape index (κ2) is 3.44. The Morgan fingerprint density at radius 2 is 1.88 bits per heavy atom. The van der Waals surface area contributed by atoms with Crippen LogP contribution < -0.4 is 5.69 Å². The van der Waals surface area contributed by atoms with Crippen molar-refractivity contribution in [3.63, 3.8) is 0 Å². The molecule has 2 aromatic rings. The van der Waals surface area contributed by atoms with Crippen LogP contribution in [0.1, 0.15) is 5.56 Å². The van der Waals surface area contributed by atoms with E-state index in [-0.39, 0.29) is 10.2 Å². The molecule has 0 atom stereocenters. The van der Waals surface area contributed by atoms with Crippen molar-refractivity contribution in [2.75, 3.05) is 0 Å². The van der Waals surface area contributed by atoms with E-state index in [4.69, 9.17) is 12.2 Å². The largest absolute Gasteiger partial charge is 0.416 e. The van der Waals surface area contributed by atoms with Gasteiger partial charge in [-0.25, -0.2) is 4.79 Å². The molecule has 0 amide bonds. The minimum absolute atomic E-state index is 0.0728. The van der Waals surface area contributed by atoms with Crippen molar-refractivity contribution < 1.29 is 13.2 Å². The van der Waals surface area contributed by atoms with Gasteiger partial charge >= 0.3 is 11.9 Å². The van der Waals surface area contributed by atoms with Crippen molar-refractivity contribution in [2.45, 2.75) is 6.18 Å². The highest BCUT2D eigenvalue weighted by Crippen LogP contribution is 2.30. The van der Waals surface area contributed by atoms with Gasteiger partial charge in [0, 0.05) is 5.39 Å². The first kappa shape index (κ1) is 10.9. The smallest absolute Gasteiger partial charge is 0.307 e. The third-order valence-corrected chi connectivity index (χ3v) is 2.39. The normalized spacial score (nSPS) is 11.9. The van der Waals surface area contributed by atoms with E-state index in [1.807, 2.05) is 0 Å². The van der Waals surface area contributed by atoms with E-state index in [1.54, 1.807) is 0 Å². The maximum atomic E-state index is 12.4. The van der Waals surface area contributed by atoms with Crippen LogP contribution >= 0.6 is 12.2 Å². The number of halogens is 3. The molecule has 0 radical (unpaired) electrons. The highest BCUT2D eigenvalue weighted by Gasteiger charge is 2.30. The fourth-order valence-corrected chi connectivity index (χ4v) is 1.62. The number of alkyl halides is 3. The van der Waals surface area contributed by atoms with Gasteiger partial charge in [0.25, 0.3) is 0 Å². The Morgan fingerprint density at radius 3 is 2.50 bits per heavy atom. The zero-order valence-electron chi connectivity index (χ0n) is 7.68. The Labute approximate surface area is 91.9 Å². The molecule has 1 aromatic carbocycles. The van der Waals surface area contributed by atoms with Crippen LogP contribution in [0.5, 0.6) is 0 Å². The monoisotopic (exact) mass is 246 g/mol. The van der Waals surface area contributed by atoms with Gasteiger partial charge in [-0.1, -0.05) is 12.2 Å². The SMILES string of the molecule is O=c1[nH]c(=S)c2ccc(C(F)(F)F)cc2[nH]1. The van der Waals surface area contributed by atoms with E-state index in [0.717, 1.165) is 12.1 Å². The minimum atomic E-state index is -4.44. The molecule has 3 nitrogen and oxygen atoms in total. The molecule has 0 unspecified atom stereocenters. The lowest BCUT2D eigenvalue weighted by molar-refractivity contribution is -0.137. The number of rotatable bonds is 0. The molecule has 16 heavy (non-hydrogen) atoms. The Kier molecular flexibility index (Phi) is 2.34. The summed E-state index contributed by atoms with van der Waals surface area (Å²) < 4.78 is 37.3. The van der Waals surface area contributed by atoms with Gasteiger partial charge in [-0.3, -0.25) is 4.98 Å². The second-order valence-electron chi connectivity index (χ2n) is 3.17. The van der Waals surface area contributed by atoms with Crippen LogP contribution in [0.4, 0.5) is 13.2 Å². The first-order valence-corrected chi connectivity index (χ1v) is 4.62. The summed E-state index contributed by atoms with van der Waals surface area (Å²) in [7, 11) is 0. The van der Waals surface area contributed by atoms with E-state index >= 15 is 0 Å². The topological polar surface area (TPSA) is 48.6 Å². The lowest BCUT2D eigenvalue weighted by atomic mass is 10.1. The fraction of sp³-hybridized carbons (Fsp3) is 0.111. The zero-order valence-corrected chi connectivity index (χ0v) is 8.50. The van der Waals surface area contributed by atoms with Gasteiger partial charge in [-0.2, -0.15) is 13.2 Å². The average molecular weight is 246 g/mol. The molecule has 1 heterocycles. The van der Waals surface area contributed by atoms with Crippen LogP contribution in [-0.4, -0.2) is 9.97 Å². The first-order valence-electron chi connectivity index (χ1n) is 4.21. The van der Waals surface area contributed by atoms with Gasteiger partial charge in [-0.05, 0) is 18.2 Å². The molecule has 2 rings (SSSR count). The first-order chi connectivity index (χ1) is 7.38. The highest BCUT2D eigenvalue weighted by molar-refractivity contribution is 7.71. The molecule has 0 saturated carbocycles. The maximum Gasteiger partial charge on any atom is 0.416 e. The van der Waals surface area contributed by atoms with Crippen LogP contribution in [0.2, 0.25) is 0 Å². The molecule has 0 aliphatic rings. The third kappa shape index (κ3) is 1.85. The Morgan fingerprint density at radius 1 is 1.19 bits per heavy atom. The molecule has 1 aromatic heterocycles. The van der Waals surface area contributed by atoms with Crippen LogP contribution in [-0.2, 0) is 6.18 Å². The summed E-state index contributed by atoms with van der Waals surface area (Å²) in [5.41, 5.74) is -1.38. The number of aromatic nitrogens is 2. The standard InChI is InChI=1S/C9H5F3N2OS/c10-9(11,12)4-1-2-5-6(3-4)13-8(15)14-7(5)16/h1-3H,(H2,13,14,15,16). The summed E-state index contributed by atoms with van der Waals surface area (Å²) in [6, 6.07) is 3.01. The summed E-state index contributed by atoms with van der Waals surface area (Å²) in [5, 5.41) is 0.377. The fourth-order valence-electron chi connectivity index (χ4n) is 1.35. The molecule has 7 heteroatoms. The zero-order chi connectivity index (χ0) is 11.9. The molecule has 0 aliphatic carbocycles. The van der Waals surface area contributed by atoms with Gasteiger partial charge in [-0.15, -0.1) is 0 Å². The Balaban J connectivity index is 2.82. The molecule has 0 aliphatic heterocycles. The number of benzene rings is 1. The van der Waals surface area contributed by atoms with Crippen molar-refractivity contribution in [3.05, 3.63) is 38.9 Å². The van der Waals surface area contributed by atoms with Crippen molar-refractivity contribution in [2.24, 2.45) is 0 Å². The molecular weight excluding hydrogens is 241 g/mol. The molecule has 0 saturated heterocycles. The molecule has 0 spiro atoms. The Hall–Kier alpha value is -1.63. The maximum absolute atomic E-state index is 12.4. The van der Waals surface area contributed by atoms with Crippen LogP contribution in [0, 0.1) is 4.64 Å². The molecule has 0 fully saturated rings. The van der Waals surface area contributed by atoms with Gasteiger partial charge in [0.15, 0.2) is 0 Å². The number of hydrogen-bond donors (Lipinski definition) is 2.